The molecule has 0 bridgehead atoms. The number of nitrogens with zero attached hydrogens (tertiary/aromatic N) is 1. The second-order valence-corrected chi connectivity index (χ2v) is 8.64. The van der Waals surface area contributed by atoms with Crippen LogP contribution in [0.3, 0.4) is 0 Å². The van der Waals surface area contributed by atoms with Gasteiger partial charge in [0.2, 0.25) is 5.91 Å². The molecule has 2 amide bonds. The van der Waals surface area contributed by atoms with Crippen LogP contribution in [0.2, 0.25) is 0 Å². The molecule has 1 saturated carbocycles. The van der Waals surface area contributed by atoms with E-state index in [1.807, 2.05) is 6.07 Å². The molecule has 1 aliphatic heterocycles. The van der Waals surface area contributed by atoms with E-state index in [2.05, 4.69) is 64.1 Å². The summed E-state index contributed by atoms with van der Waals surface area (Å²) in [5.41, 5.74) is 6.28. The summed E-state index contributed by atoms with van der Waals surface area (Å²) in [5, 5.41) is 5.87. The van der Waals surface area contributed by atoms with Crippen LogP contribution in [0.5, 0.6) is 0 Å². The second-order valence-electron chi connectivity index (χ2n) is 8.64. The van der Waals surface area contributed by atoms with Gasteiger partial charge >= 0.3 is 0 Å². The van der Waals surface area contributed by atoms with E-state index < -0.39 is 0 Å². The van der Waals surface area contributed by atoms with Crippen molar-refractivity contribution in [1.82, 2.24) is 5.32 Å². The van der Waals surface area contributed by atoms with E-state index in [4.69, 9.17) is 0 Å². The van der Waals surface area contributed by atoms with Gasteiger partial charge < -0.3 is 15.5 Å². The van der Waals surface area contributed by atoms with Gasteiger partial charge in [-0.05, 0) is 60.2 Å². The molecule has 1 aliphatic carbocycles. The molecule has 3 aromatic carbocycles. The molecular formula is C27H27N3O2. The zero-order valence-electron chi connectivity index (χ0n) is 18.0. The van der Waals surface area contributed by atoms with Crippen LogP contribution in [0.25, 0.3) is 0 Å². The number of nitrogens with one attached hydrogen (secondary N) is 2. The first-order chi connectivity index (χ1) is 15.7. The SMILES string of the molecule is O=C(NCc1ccc(CN2CCc3ccccc32)cc1)c1cccc(NC(=O)C2CC2)c1. The minimum absolute atomic E-state index is 0.0417. The van der Waals surface area contributed by atoms with Gasteiger partial charge in [-0.1, -0.05) is 48.5 Å². The molecule has 0 radical (unpaired) electrons. The van der Waals surface area contributed by atoms with Crippen molar-refractivity contribution in [2.45, 2.75) is 32.4 Å². The van der Waals surface area contributed by atoms with Crippen molar-refractivity contribution in [3.8, 4) is 0 Å². The summed E-state index contributed by atoms with van der Waals surface area (Å²) in [4.78, 5) is 27.0. The lowest BCUT2D eigenvalue weighted by molar-refractivity contribution is -0.117. The van der Waals surface area contributed by atoms with Crippen molar-refractivity contribution in [3.05, 3.63) is 95.1 Å². The maximum atomic E-state index is 12.6. The maximum Gasteiger partial charge on any atom is 0.251 e. The van der Waals surface area contributed by atoms with Crippen LogP contribution < -0.4 is 15.5 Å². The predicted octanol–water partition coefficient (Wildman–Crippen LogP) is 4.53. The topological polar surface area (TPSA) is 61.4 Å². The van der Waals surface area contributed by atoms with Gasteiger partial charge in [-0.15, -0.1) is 0 Å². The average molecular weight is 426 g/mol. The molecule has 5 nitrogen and oxygen atoms in total. The fourth-order valence-electron chi connectivity index (χ4n) is 4.17. The molecule has 0 aromatic heterocycles. The van der Waals surface area contributed by atoms with Crippen molar-refractivity contribution in [1.29, 1.82) is 0 Å². The van der Waals surface area contributed by atoms with E-state index in [1.165, 1.54) is 16.8 Å². The highest BCUT2D eigenvalue weighted by atomic mass is 16.2. The number of hydrogen-bond acceptors (Lipinski definition) is 3. The fraction of sp³-hybridized carbons (Fsp3) is 0.259. The number of anilines is 2. The predicted molar refractivity (Wildman–Crippen MR) is 127 cm³/mol. The van der Waals surface area contributed by atoms with Crippen LogP contribution in [0, 0.1) is 5.92 Å². The summed E-state index contributed by atoms with van der Waals surface area (Å²) >= 11 is 0. The minimum Gasteiger partial charge on any atom is -0.367 e. The van der Waals surface area contributed by atoms with Gasteiger partial charge in [0.05, 0.1) is 0 Å². The Labute approximate surface area is 188 Å². The summed E-state index contributed by atoms with van der Waals surface area (Å²) < 4.78 is 0. The number of carbonyl (C=O) groups is 2. The summed E-state index contributed by atoms with van der Waals surface area (Å²) in [6.45, 7) is 2.41. The molecule has 0 spiro atoms. The molecule has 1 heterocycles. The molecule has 5 rings (SSSR count). The van der Waals surface area contributed by atoms with Gasteiger partial charge in [-0.3, -0.25) is 9.59 Å². The Morgan fingerprint density at radius 3 is 2.50 bits per heavy atom. The highest BCUT2D eigenvalue weighted by molar-refractivity contribution is 5.98. The Kier molecular flexibility index (Phi) is 5.63. The molecule has 1 fully saturated rings. The zero-order valence-corrected chi connectivity index (χ0v) is 18.0. The average Bonchev–Trinajstić information content (AvgIpc) is 3.61. The van der Waals surface area contributed by atoms with E-state index in [9.17, 15) is 9.59 Å². The lowest BCUT2D eigenvalue weighted by atomic mass is 10.1. The summed E-state index contributed by atoms with van der Waals surface area (Å²) in [5.74, 6) is 0.0287. The van der Waals surface area contributed by atoms with Gasteiger partial charge in [0.25, 0.3) is 5.91 Å². The second kappa shape index (κ2) is 8.87. The molecular weight excluding hydrogens is 398 g/mol. The van der Waals surface area contributed by atoms with Gasteiger partial charge in [0, 0.05) is 42.5 Å². The van der Waals surface area contributed by atoms with Crippen LogP contribution in [-0.2, 0) is 24.3 Å². The Morgan fingerprint density at radius 2 is 1.69 bits per heavy atom. The van der Waals surface area contributed by atoms with E-state index >= 15 is 0 Å². The largest absolute Gasteiger partial charge is 0.367 e. The highest BCUT2D eigenvalue weighted by Crippen LogP contribution is 2.30. The third kappa shape index (κ3) is 4.67. The lowest BCUT2D eigenvalue weighted by Gasteiger charge is -2.19. The standard InChI is InChI=1S/C27H27N3O2/c31-26(23-5-3-6-24(16-23)29-27(32)22-12-13-22)28-17-19-8-10-20(11-9-19)18-30-15-14-21-4-1-2-7-25(21)30/h1-11,16,22H,12-15,17-18H2,(H,28,31)(H,29,32). The Balaban J connectivity index is 1.15. The van der Waals surface area contributed by atoms with Crippen LogP contribution in [0.15, 0.2) is 72.8 Å². The number of hydrogen-bond donors (Lipinski definition) is 2. The molecule has 5 heteroatoms. The monoisotopic (exact) mass is 425 g/mol. The molecule has 0 saturated heterocycles. The normalized spacial score (nSPS) is 14.7. The van der Waals surface area contributed by atoms with Crippen molar-refractivity contribution < 1.29 is 9.59 Å². The zero-order chi connectivity index (χ0) is 21.9. The number of rotatable bonds is 7. The first-order valence-electron chi connectivity index (χ1n) is 11.3. The Bertz CT molecular complexity index is 1140. The fourth-order valence-corrected chi connectivity index (χ4v) is 4.17. The molecule has 0 atom stereocenters. The van der Waals surface area contributed by atoms with Crippen molar-refractivity contribution in [3.63, 3.8) is 0 Å². The van der Waals surface area contributed by atoms with E-state index in [0.29, 0.717) is 17.8 Å². The molecule has 3 aromatic rings. The van der Waals surface area contributed by atoms with Crippen LogP contribution >= 0.6 is 0 Å². The van der Waals surface area contributed by atoms with Crippen molar-refractivity contribution in [2.75, 3.05) is 16.8 Å². The first kappa shape index (κ1) is 20.3. The number of benzene rings is 3. The van der Waals surface area contributed by atoms with Gasteiger partial charge in [0.15, 0.2) is 0 Å². The molecule has 2 N–H and O–H groups in total. The Hall–Kier alpha value is -3.60. The number of para-hydroxylation sites is 1. The number of amides is 2. The van der Waals surface area contributed by atoms with Gasteiger partial charge in [0.1, 0.15) is 0 Å². The molecule has 162 valence electrons. The van der Waals surface area contributed by atoms with Crippen molar-refractivity contribution in [2.24, 2.45) is 5.92 Å². The minimum atomic E-state index is -0.148. The lowest BCUT2D eigenvalue weighted by Crippen LogP contribution is -2.23. The van der Waals surface area contributed by atoms with Gasteiger partial charge in [-0.25, -0.2) is 0 Å². The molecule has 0 unspecified atom stereocenters. The Morgan fingerprint density at radius 1 is 0.906 bits per heavy atom. The smallest absolute Gasteiger partial charge is 0.251 e. The maximum absolute atomic E-state index is 12.6. The summed E-state index contributed by atoms with van der Waals surface area (Å²) in [6, 6.07) is 24.1. The van der Waals surface area contributed by atoms with Crippen LogP contribution in [0.4, 0.5) is 11.4 Å². The third-order valence-corrected chi connectivity index (χ3v) is 6.17. The van der Waals surface area contributed by atoms with Crippen molar-refractivity contribution >= 4 is 23.2 Å². The van der Waals surface area contributed by atoms with Crippen LogP contribution in [-0.4, -0.2) is 18.4 Å². The van der Waals surface area contributed by atoms with Crippen LogP contribution in [0.1, 0.15) is 39.9 Å². The molecule has 2 aliphatic rings. The first-order valence-corrected chi connectivity index (χ1v) is 11.3. The summed E-state index contributed by atoms with van der Waals surface area (Å²) in [7, 11) is 0. The summed E-state index contributed by atoms with van der Waals surface area (Å²) in [6.07, 6.45) is 3.01. The number of carbonyl (C=O) groups excluding carboxylic acids is 2. The number of fused-ring (bicyclic) bond motifs is 1. The third-order valence-electron chi connectivity index (χ3n) is 6.17. The quantitative estimate of drug-likeness (QED) is 0.585. The molecule has 32 heavy (non-hydrogen) atoms. The van der Waals surface area contributed by atoms with E-state index in [1.54, 1.807) is 18.2 Å². The van der Waals surface area contributed by atoms with E-state index in [-0.39, 0.29) is 17.7 Å². The van der Waals surface area contributed by atoms with Gasteiger partial charge in [-0.2, -0.15) is 0 Å². The van der Waals surface area contributed by atoms with E-state index in [0.717, 1.165) is 37.9 Å². The highest BCUT2D eigenvalue weighted by Gasteiger charge is 2.29.